The summed E-state index contributed by atoms with van der Waals surface area (Å²) in [5.41, 5.74) is 1.86. The Morgan fingerprint density at radius 2 is 1.82 bits per heavy atom. The Hall–Kier alpha value is -1.81. The molecule has 3 aromatic rings. The molecule has 4 heteroatoms. The first-order valence-corrected chi connectivity index (χ1v) is 5.96. The molecular formula is C13H9BrN2O. The van der Waals surface area contributed by atoms with Gasteiger partial charge in [-0.25, -0.2) is 4.68 Å². The second-order valence-corrected chi connectivity index (χ2v) is 4.69. The molecule has 3 rings (SSSR count). The predicted molar refractivity (Wildman–Crippen MR) is 70.4 cm³/mol. The Bertz CT molecular complexity index is 673. The Balaban J connectivity index is 2.23. The van der Waals surface area contributed by atoms with Gasteiger partial charge in [0.1, 0.15) is 5.75 Å². The fourth-order valence-corrected chi connectivity index (χ4v) is 2.06. The number of aromatic nitrogens is 2. The number of hydrogen-bond donors (Lipinski definition) is 1. The van der Waals surface area contributed by atoms with Crippen molar-refractivity contribution in [2.24, 2.45) is 0 Å². The molecule has 0 unspecified atom stereocenters. The minimum atomic E-state index is 0.247. The number of phenols is 1. The highest BCUT2D eigenvalue weighted by atomic mass is 79.9. The molecule has 3 nitrogen and oxygen atoms in total. The minimum Gasteiger partial charge on any atom is -0.508 e. The van der Waals surface area contributed by atoms with Gasteiger partial charge in [0.15, 0.2) is 0 Å². The number of benzene rings is 2. The topological polar surface area (TPSA) is 38.1 Å². The maximum absolute atomic E-state index is 9.52. The monoisotopic (exact) mass is 288 g/mol. The summed E-state index contributed by atoms with van der Waals surface area (Å²) in [5, 5.41) is 14.8. The summed E-state index contributed by atoms with van der Waals surface area (Å²) in [4.78, 5) is 0. The van der Waals surface area contributed by atoms with Crippen LogP contribution in [-0.4, -0.2) is 14.9 Å². The van der Waals surface area contributed by atoms with Gasteiger partial charge in [0.05, 0.1) is 17.4 Å². The molecule has 0 spiro atoms. The average molecular weight is 289 g/mol. The zero-order valence-electron chi connectivity index (χ0n) is 8.84. The zero-order chi connectivity index (χ0) is 11.8. The summed E-state index contributed by atoms with van der Waals surface area (Å²) in [6.07, 6.45) is 1.79. The quantitative estimate of drug-likeness (QED) is 0.744. The van der Waals surface area contributed by atoms with Crippen LogP contribution in [0.15, 0.2) is 53.1 Å². The molecule has 1 heterocycles. The van der Waals surface area contributed by atoms with Gasteiger partial charge in [0.2, 0.25) is 0 Å². The maximum Gasteiger partial charge on any atom is 0.117 e. The molecule has 0 aliphatic carbocycles. The van der Waals surface area contributed by atoms with E-state index >= 15 is 0 Å². The van der Waals surface area contributed by atoms with E-state index in [1.807, 2.05) is 35.0 Å². The van der Waals surface area contributed by atoms with Crippen molar-refractivity contribution in [3.05, 3.63) is 53.1 Å². The van der Waals surface area contributed by atoms with Crippen LogP contribution < -0.4 is 0 Å². The highest BCUT2D eigenvalue weighted by Gasteiger charge is 2.05. The molecular weight excluding hydrogens is 280 g/mol. The molecule has 0 amide bonds. The van der Waals surface area contributed by atoms with E-state index in [0.717, 1.165) is 21.1 Å². The third kappa shape index (κ3) is 1.80. The first-order chi connectivity index (χ1) is 8.24. The van der Waals surface area contributed by atoms with Crippen molar-refractivity contribution in [3.63, 3.8) is 0 Å². The van der Waals surface area contributed by atoms with Crippen LogP contribution in [-0.2, 0) is 0 Å². The normalized spacial score (nSPS) is 10.9. The lowest BCUT2D eigenvalue weighted by Gasteiger charge is -2.03. The second kappa shape index (κ2) is 3.89. The number of aromatic hydroxyl groups is 1. The number of halogens is 1. The summed E-state index contributed by atoms with van der Waals surface area (Å²) < 4.78 is 2.84. The van der Waals surface area contributed by atoms with Crippen molar-refractivity contribution in [2.45, 2.75) is 0 Å². The van der Waals surface area contributed by atoms with Crippen LogP contribution in [0.3, 0.4) is 0 Å². The number of phenolic OH excluding ortho intramolecular Hbond substituents is 1. The van der Waals surface area contributed by atoms with Crippen molar-refractivity contribution in [3.8, 4) is 11.4 Å². The number of hydrogen-bond acceptors (Lipinski definition) is 2. The average Bonchev–Trinajstić information content (AvgIpc) is 2.73. The van der Waals surface area contributed by atoms with Gasteiger partial charge >= 0.3 is 0 Å². The van der Waals surface area contributed by atoms with Crippen molar-refractivity contribution < 1.29 is 5.11 Å². The molecule has 17 heavy (non-hydrogen) atoms. The lowest BCUT2D eigenvalue weighted by molar-refractivity contribution is 0.476. The van der Waals surface area contributed by atoms with Gasteiger partial charge in [-0.2, -0.15) is 5.10 Å². The van der Waals surface area contributed by atoms with E-state index in [1.54, 1.807) is 18.3 Å². The highest BCUT2D eigenvalue weighted by molar-refractivity contribution is 9.10. The summed E-state index contributed by atoms with van der Waals surface area (Å²) in [6, 6.07) is 13.1. The van der Waals surface area contributed by atoms with E-state index in [-0.39, 0.29) is 5.75 Å². The van der Waals surface area contributed by atoms with E-state index in [1.165, 1.54) is 0 Å². The van der Waals surface area contributed by atoms with Gasteiger partial charge in [0.25, 0.3) is 0 Å². The number of rotatable bonds is 1. The molecule has 0 aliphatic heterocycles. The van der Waals surface area contributed by atoms with Gasteiger partial charge in [-0.15, -0.1) is 0 Å². The van der Waals surface area contributed by atoms with Crippen LogP contribution in [0.1, 0.15) is 0 Å². The van der Waals surface area contributed by atoms with Gasteiger partial charge in [0, 0.05) is 15.9 Å². The fourth-order valence-electron chi connectivity index (χ4n) is 1.79. The Morgan fingerprint density at radius 3 is 2.59 bits per heavy atom. The Labute approximate surface area is 106 Å². The molecule has 1 aromatic heterocycles. The highest BCUT2D eigenvalue weighted by Crippen LogP contribution is 2.23. The summed E-state index contributed by atoms with van der Waals surface area (Å²) in [7, 11) is 0. The van der Waals surface area contributed by atoms with Crippen molar-refractivity contribution in [2.75, 3.05) is 0 Å². The van der Waals surface area contributed by atoms with Crippen molar-refractivity contribution in [1.82, 2.24) is 9.78 Å². The van der Waals surface area contributed by atoms with Crippen LogP contribution in [0.2, 0.25) is 0 Å². The Morgan fingerprint density at radius 1 is 1.06 bits per heavy atom. The smallest absolute Gasteiger partial charge is 0.117 e. The van der Waals surface area contributed by atoms with E-state index in [0.29, 0.717) is 0 Å². The molecule has 0 radical (unpaired) electrons. The van der Waals surface area contributed by atoms with E-state index in [9.17, 15) is 5.11 Å². The van der Waals surface area contributed by atoms with E-state index in [4.69, 9.17) is 0 Å². The molecule has 0 saturated heterocycles. The van der Waals surface area contributed by atoms with Gasteiger partial charge in [-0.05, 0) is 36.4 Å². The van der Waals surface area contributed by atoms with E-state index in [2.05, 4.69) is 21.0 Å². The number of fused-ring (bicyclic) bond motifs is 1. The SMILES string of the molecule is Oc1ccc2cnn(-c3ccc(Br)cc3)c2c1. The minimum absolute atomic E-state index is 0.247. The molecule has 0 fully saturated rings. The largest absolute Gasteiger partial charge is 0.508 e. The first kappa shape index (κ1) is 10.4. The molecule has 0 saturated carbocycles. The molecule has 0 aliphatic rings. The lowest BCUT2D eigenvalue weighted by Crippen LogP contribution is -1.95. The summed E-state index contributed by atoms with van der Waals surface area (Å²) in [5.74, 6) is 0.247. The third-order valence-electron chi connectivity index (χ3n) is 2.63. The van der Waals surface area contributed by atoms with Crippen LogP contribution in [0.25, 0.3) is 16.6 Å². The van der Waals surface area contributed by atoms with Crippen LogP contribution >= 0.6 is 15.9 Å². The van der Waals surface area contributed by atoms with Crippen molar-refractivity contribution >= 4 is 26.8 Å². The maximum atomic E-state index is 9.52. The first-order valence-electron chi connectivity index (χ1n) is 5.17. The summed E-state index contributed by atoms with van der Waals surface area (Å²) in [6.45, 7) is 0. The molecule has 0 atom stereocenters. The standard InChI is InChI=1S/C13H9BrN2O/c14-10-2-4-11(5-3-10)16-13-7-12(17)6-1-9(13)8-15-16/h1-8,17H. The Kier molecular flexibility index (Phi) is 2.37. The van der Waals surface area contributed by atoms with Crippen LogP contribution in [0.4, 0.5) is 0 Å². The van der Waals surface area contributed by atoms with Crippen LogP contribution in [0.5, 0.6) is 5.75 Å². The predicted octanol–water partition coefficient (Wildman–Crippen LogP) is 3.49. The zero-order valence-corrected chi connectivity index (χ0v) is 10.4. The van der Waals surface area contributed by atoms with Gasteiger partial charge < -0.3 is 5.11 Å². The van der Waals surface area contributed by atoms with E-state index < -0.39 is 0 Å². The van der Waals surface area contributed by atoms with Gasteiger partial charge in [-0.1, -0.05) is 15.9 Å². The second-order valence-electron chi connectivity index (χ2n) is 3.78. The lowest BCUT2D eigenvalue weighted by atomic mass is 10.2. The fraction of sp³-hybridized carbons (Fsp3) is 0. The molecule has 0 bridgehead atoms. The summed E-state index contributed by atoms with van der Waals surface area (Å²) >= 11 is 3.40. The third-order valence-corrected chi connectivity index (χ3v) is 3.15. The molecule has 2 aromatic carbocycles. The van der Waals surface area contributed by atoms with Crippen LogP contribution in [0, 0.1) is 0 Å². The molecule has 1 N–H and O–H groups in total. The van der Waals surface area contributed by atoms with Gasteiger partial charge in [-0.3, -0.25) is 0 Å². The number of nitrogens with zero attached hydrogens (tertiary/aromatic N) is 2. The van der Waals surface area contributed by atoms with Crippen molar-refractivity contribution in [1.29, 1.82) is 0 Å². The molecule has 84 valence electrons.